The van der Waals surface area contributed by atoms with E-state index in [0.717, 1.165) is 11.3 Å². The molecule has 96 valence electrons. The van der Waals surface area contributed by atoms with Crippen molar-refractivity contribution in [2.45, 2.75) is 19.5 Å². The van der Waals surface area contributed by atoms with Gasteiger partial charge >= 0.3 is 0 Å². The summed E-state index contributed by atoms with van der Waals surface area (Å²) in [6, 6.07) is 8.52. The Bertz CT molecular complexity index is 544. The lowest BCUT2D eigenvalue weighted by atomic mass is 10.2. The third kappa shape index (κ3) is 3.34. The van der Waals surface area contributed by atoms with Crippen LogP contribution in [-0.2, 0) is 6.54 Å². The number of nitrogens with one attached hydrogen (secondary N) is 1. The summed E-state index contributed by atoms with van der Waals surface area (Å²) in [5.41, 5.74) is 0.930. The predicted octanol–water partition coefficient (Wildman–Crippen LogP) is 4.69. The minimum Gasteiger partial charge on any atom is -0.453 e. The first kappa shape index (κ1) is 13.6. The van der Waals surface area contributed by atoms with E-state index in [1.807, 2.05) is 19.1 Å². The van der Waals surface area contributed by atoms with Crippen molar-refractivity contribution < 1.29 is 8.81 Å². The van der Waals surface area contributed by atoms with Gasteiger partial charge in [-0.05, 0) is 52.7 Å². The van der Waals surface area contributed by atoms with E-state index in [-0.39, 0.29) is 11.1 Å². The maximum absolute atomic E-state index is 13.0. The van der Waals surface area contributed by atoms with Gasteiger partial charge < -0.3 is 9.73 Å². The predicted molar refractivity (Wildman–Crippen MR) is 73.1 cm³/mol. The molecular weight excluding hydrogens is 321 g/mol. The lowest BCUT2D eigenvalue weighted by Gasteiger charge is -2.11. The molecule has 1 N–H and O–H groups in total. The van der Waals surface area contributed by atoms with Crippen molar-refractivity contribution in [1.29, 1.82) is 0 Å². The van der Waals surface area contributed by atoms with Gasteiger partial charge in [0.25, 0.3) is 0 Å². The van der Waals surface area contributed by atoms with Crippen molar-refractivity contribution in [3.8, 4) is 0 Å². The van der Waals surface area contributed by atoms with Gasteiger partial charge in [0.1, 0.15) is 11.6 Å². The Morgan fingerprint density at radius 1 is 1.39 bits per heavy atom. The number of furan rings is 1. The van der Waals surface area contributed by atoms with Gasteiger partial charge in [-0.1, -0.05) is 17.7 Å². The number of halogens is 3. The molecule has 1 aromatic carbocycles. The van der Waals surface area contributed by atoms with Gasteiger partial charge in [-0.15, -0.1) is 0 Å². The van der Waals surface area contributed by atoms with Crippen LogP contribution in [0.15, 0.2) is 39.4 Å². The molecule has 0 radical (unpaired) electrons. The fraction of sp³-hybridized carbons (Fsp3) is 0.231. The van der Waals surface area contributed by atoms with Crippen LogP contribution in [0.25, 0.3) is 0 Å². The van der Waals surface area contributed by atoms with Crippen LogP contribution in [0.3, 0.4) is 0 Å². The smallest absolute Gasteiger partial charge is 0.169 e. The van der Waals surface area contributed by atoms with Gasteiger partial charge in [0.2, 0.25) is 0 Å². The highest BCUT2D eigenvalue weighted by molar-refractivity contribution is 9.10. The molecule has 0 aliphatic heterocycles. The molecule has 0 bridgehead atoms. The first-order chi connectivity index (χ1) is 8.56. The summed E-state index contributed by atoms with van der Waals surface area (Å²) in [4.78, 5) is 0. The van der Waals surface area contributed by atoms with Crippen LogP contribution in [0.2, 0.25) is 5.02 Å². The Morgan fingerprint density at radius 2 is 2.17 bits per heavy atom. The third-order valence-electron chi connectivity index (χ3n) is 2.62. The van der Waals surface area contributed by atoms with Gasteiger partial charge in [0.15, 0.2) is 4.67 Å². The van der Waals surface area contributed by atoms with E-state index in [1.165, 1.54) is 6.07 Å². The molecular formula is C13H12BrClFNO. The summed E-state index contributed by atoms with van der Waals surface area (Å²) >= 11 is 8.98. The van der Waals surface area contributed by atoms with Crippen LogP contribution in [-0.4, -0.2) is 0 Å². The first-order valence-electron chi connectivity index (χ1n) is 5.49. The molecule has 0 amide bonds. The zero-order chi connectivity index (χ0) is 13.1. The van der Waals surface area contributed by atoms with E-state index >= 15 is 0 Å². The summed E-state index contributed by atoms with van der Waals surface area (Å²) in [6.07, 6.45) is 0. The summed E-state index contributed by atoms with van der Waals surface area (Å²) in [5, 5.41) is 3.42. The normalized spacial score (nSPS) is 12.7. The molecule has 2 aromatic rings. The van der Waals surface area contributed by atoms with Crippen LogP contribution in [0.1, 0.15) is 24.3 Å². The summed E-state index contributed by atoms with van der Waals surface area (Å²) in [6.45, 7) is 2.59. The molecule has 0 saturated heterocycles. The van der Waals surface area contributed by atoms with Crippen LogP contribution in [0, 0.1) is 5.82 Å². The molecule has 0 spiro atoms. The van der Waals surface area contributed by atoms with Crippen LogP contribution < -0.4 is 5.32 Å². The first-order valence-corrected chi connectivity index (χ1v) is 6.66. The average molecular weight is 333 g/mol. The highest BCUT2D eigenvalue weighted by atomic mass is 79.9. The monoisotopic (exact) mass is 331 g/mol. The lowest BCUT2D eigenvalue weighted by molar-refractivity contribution is 0.418. The second kappa shape index (κ2) is 5.87. The molecule has 1 atom stereocenters. The van der Waals surface area contributed by atoms with Gasteiger partial charge in [-0.3, -0.25) is 0 Å². The van der Waals surface area contributed by atoms with Gasteiger partial charge in [0, 0.05) is 6.54 Å². The minimum atomic E-state index is -0.400. The Kier molecular flexibility index (Phi) is 4.43. The molecule has 18 heavy (non-hydrogen) atoms. The maximum atomic E-state index is 13.0. The zero-order valence-electron chi connectivity index (χ0n) is 9.71. The molecule has 2 rings (SSSR count). The second-order valence-electron chi connectivity index (χ2n) is 3.99. The van der Waals surface area contributed by atoms with Crippen molar-refractivity contribution in [2.24, 2.45) is 0 Å². The van der Waals surface area contributed by atoms with Crippen LogP contribution >= 0.6 is 27.5 Å². The van der Waals surface area contributed by atoms with Crippen molar-refractivity contribution in [1.82, 2.24) is 5.32 Å². The topological polar surface area (TPSA) is 25.2 Å². The van der Waals surface area contributed by atoms with Gasteiger partial charge in [-0.25, -0.2) is 4.39 Å². The van der Waals surface area contributed by atoms with Gasteiger partial charge in [-0.2, -0.15) is 0 Å². The summed E-state index contributed by atoms with van der Waals surface area (Å²) < 4.78 is 19.1. The molecule has 1 aromatic heterocycles. The molecule has 0 aliphatic rings. The molecule has 0 aliphatic carbocycles. The lowest BCUT2D eigenvalue weighted by Crippen LogP contribution is -2.17. The highest BCUT2D eigenvalue weighted by Gasteiger charge is 2.09. The zero-order valence-corrected chi connectivity index (χ0v) is 12.1. The largest absolute Gasteiger partial charge is 0.453 e. The maximum Gasteiger partial charge on any atom is 0.169 e. The highest BCUT2D eigenvalue weighted by Crippen LogP contribution is 2.21. The number of rotatable bonds is 4. The number of hydrogen-bond donors (Lipinski definition) is 1. The molecule has 0 saturated carbocycles. The van der Waals surface area contributed by atoms with Crippen molar-refractivity contribution in [2.75, 3.05) is 0 Å². The Morgan fingerprint density at radius 3 is 2.78 bits per heavy atom. The number of hydrogen-bond acceptors (Lipinski definition) is 2. The summed E-state index contributed by atoms with van der Waals surface area (Å²) in [7, 11) is 0. The molecule has 1 unspecified atom stereocenters. The van der Waals surface area contributed by atoms with Gasteiger partial charge in [0.05, 0.1) is 11.1 Å². The fourth-order valence-corrected chi connectivity index (χ4v) is 2.10. The van der Waals surface area contributed by atoms with E-state index in [4.69, 9.17) is 16.0 Å². The SMILES string of the molecule is CC(NCc1ccc(F)c(Cl)c1)c1ccc(Br)o1. The number of benzene rings is 1. The minimum absolute atomic E-state index is 0.0696. The van der Waals surface area contributed by atoms with E-state index in [0.29, 0.717) is 11.2 Å². The van der Waals surface area contributed by atoms with E-state index in [1.54, 1.807) is 12.1 Å². The second-order valence-corrected chi connectivity index (χ2v) is 5.18. The van der Waals surface area contributed by atoms with Crippen molar-refractivity contribution in [3.05, 3.63) is 57.2 Å². The summed E-state index contributed by atoms with van der Waals surface area (Å²) in [5.74, 6) is 0.443. The van der Waals surface area contributed by atoms with E-state index in [2.05, 4.69) is 21.2 Å². The van der Waals surface area contributed by atoms with Crippen LogP contribution in [0.4, 0.5) is 4.39 Å². The Balaban J connectivity index is 1.97. The molecule has 2 nitrogen and oxygen atoms in total. The van der Waals surface area contributed by atoms with Crippen molar-refractivity contribution >= 4 is 27.5 Å². The van der Waals surface area contributed by atoms with Crippen molar-refractivity contribution in [3.63, 3.8) is 0 Å². The standard InChI is InChI=1S/C13H12BrClFNO/c1-8(12-4-5-13(14)18-12)17-7-9-2-3-11(16)10(15)6-9/h2-6,8,17H,7H2,1H3. The molecule has 0 fully saturated rings. The quantitative estimate of drug-likeness (QED) is 0.879. The Hall–Kier alpha value is -0.840. The third-order valence-corrected chi connectivity index (χ3v) is 3.33. The Labute approximate surface area is 118 Å². The average Bonchev–Trinajstić information content (AvgIpc) is 2.77. The van der Waals surface area contributed by atoms with Crippen LogP contribution in [0.5, 0.6) is 0 Å². The molecule has 5 heteroatoms. The molecule has 1 heterocycles. The fourth-order valence-electron chi connectivity index (χ4n) is 1.58. The van der Waals surface area contributed by atoms with E-state index in [9.17, 15) is 4.39 Å². The van der Waals surface area contributed by atoms with E-state index < -0.39 is 5.82 Å².